The fraction of sp³-hybridized carbons (Fsp3) is 0.550. The van der Waals surface area contributed by atoms with E-state index in [0.29, 0.717) is 12.6 Å². The van der Waals surface area contributed by atoms with E-state index in [4.69, 9.17) is 4.74 Å². The molecule has 3 rings (SSSR count). The van der Waals surface area contributed by atoms with Gasteiger partial charge < -0.3 is 9.84 Å². The number of aromatic nitrogens is 2. The molecule has 6 nitrogen and oxygen atoms in total. The first-order valence-corrected chi connectivity index (χ1v) is 9.48. The summed E-state index contributed by atoms with van der Waals surface area (Å²) >= 11 is 0. The van der Waals surface area contributed by atoms with Crippen LogP contribution in [0.5, 0.6) is 5.75 Å². The van der Waals surface area contributed by atoms with Crippen LogP contribution in [0, 0.1) is 6.92 Å². The molecule has 0 spiro atoms. The molecule has 0 radical (unpaired) electrons. The summed E-state index contributed by atoms with van der Waals surface area (Å²) in [4.78, 5) is 4.90. The van der Waals surface area contributed by atoms with Crippen molar-refractivity contribution in [1.29, 1.82) is 0 Å². The quantitative estimate of drug-likeness (QED) is 0.757. The van der Waals surface area contributed by atoms with E-state index in [9.17, 15) is 5.11 Å². The second-order valence-corrected chi connectivity index (χ2v) is 6.95. The lowest BCUT2D eigenvalue weighted by Crippen LogP contribution is -2.52. The number of aryl methyl sites for hydroxylation is 1. The first-order chi connectivity index (χ1) is 12.7. The zero-order valence-corrected chi connectivity index (χ0v) is 15.8. The van der Waals surface area contributed by atoms with E-state index in [-0.39, 0.29) is 6.61 Å². The van der Waals surface area contributed by atoms with Gasteiger partial charge in [0, 0.05) is 56.6 Å². The van der Waals surface area contributed by atoms with Gasteiger partial charge >= 0.3 is 0 Å². The van der Waals surface area contributed by atoms with Crippen LogP contribution in [-0.4, -0.2) is 64.0 Å². The Hall–Kier alpha value is -1.89. The number of aliphatic hydroxyl groups is 1. The van der Waals surface area contributed by atoms with Gasteiger partial charge in [-0.15, -0.1) is 0 Å². The molecule has 6 heteroatoms. The van der Waals surface area contributed by atoms with E-state index in [0.717, 1.165) is 56.3 Å². The molecule has 0 bridgehead atoms. The first-order valence-electron chi connectivity index (χ1n) is 9.48. The summed E-state index contributed by atoms with van der Waals surface area (Å²) in [6.45, 7) is 9.57. The predicted octanol–water partition coefficient (Wildman–Crippen LogP) is 2.19. The van der Waals surface area contributed by atoms with Crippen LogP contribution in [0.3, 0.4) is 0 Å². The van der Waals surface area contributed by atoms with Crippen LogP contribution in [0.4, 0.5) is 0 Å². The molecule has 1 atom stereocenters. The molecule has 2 heterocycles. The SMILES string of the molecule is CCOc1ccccc1CN1CCN(Cc2cc(C)[nH]n2)C[C@@H]1CCO. The zero-order chi connectivity index (χ0) is 18.4. The average molecular weight is 358 g/mol. The number of H-pyrrole nitrogens is 1. The second kappa shape index (κ2) is 9.16. The van der Waals surface area contributed by atoms with Gasteiger partial charge in [-0.05, 0) is 32.4 Å². The molecule has 0 unspecified atom stereocenters. The second-order valence-electron chi connectivity index (χ2n) is 6.95. The third kappa shape index (κ3) is 4.84. The maximum absolute atomic E-state index is 9.53. The molecule has 1 aliphatic rings. The highest BCUT2D eigenvalue weighted by molar-refractivity contribution is 5.33. The summed E-state index contributed by atoms with van der Waals surface area (Å²) in [5, 5.41) is 16.9. The van der Waals surface area contributed by atoms with Gasteiger partial charge in [0.2, 0.25) is 0 Å². The highest BCUT2D eigenvalue weighted by Crippen LogP contribution is 2.23. The van der Waals surface area contributed by atoms with Crippen molar-refractivity contribution >= 4 is 0 Å². The van der Waals surface area contributed by atoms with E-state index >= 15 is 0 Å². The lowest BCUT2D eigenvalue weighted by atomic mass is 10.1. The Morgan fingerprint density at radius 2 is 2.12 bits per heavy atom. The Morgan fingerprint density at radius 1 is 1.27 bits per heavy atom. The highest BCUT2D eigenvalue weighted by Gasteiger charge is 2.27. The van der Waals surface area contributed by atoms with Crippen molar-refractivity contribution in [3.63, 3.8) is 0 Å². The van der Waals surface area contributed by atoms with Gasteiger partial charge in [0.05, 0.1) is 12.3 Å². The van der Waals surface area contributed by atoms with E-state index in [1.54, 1.807) is 0 Å². The molecular formula is C20H30N4O2. The standard InChI is InChI=1S/C20H30N4O2/c1-3-26-20-7-5-4-6-17(20)13-24-10-9-23(15-19(24)8-11-25)14-18-12-16(2)21-22-18/h4-7,12,19,25H,3,8-11,13-15H2,1-2H3,(H,21,22)/t19-/m0/s1. The number of ether oxygens (including phenoxy) is 1. The third-order valence-electron chi connectivity index (χ3n) is 4.94. The molecule has 1 aromatic carbocycles. The van der Waals surface area contributed by atoms with Gasteiger partial charge in [0.25, 0.3) is 0 Å². The molecule has 1 aromatic heterocycles. The molecule has 1 fully saturated rings. The Morgan fingerprint density at radius 3 is 2.85 bits per heavy atom. The van der Waals surface area contributed by atoms with Crippen molar-refractivity contribution < 1.29 is 9.84 Å². The monoisotopic (exact) mass is 358 g/mol. The number of benzene rings is 1. The molecular weight excluding hydrogens is 328 g/mol. The number of piperazine rings is 1. The molecule has 0 saturated carbocycles. The number of nitrogens with one attached hydrogen (secondary N) is 1. The number of hydrogen-bond acceptors (Lipinski definition) is 5. The minimum Gasteiger partial charge on any atom is -0.494 e. The fourth-order valence-electron chi connectivity index (χ4n) is 3.67. The van der Waals surface area contributed by atoms with Gasteiger partial charge in [-0.1, -0.05) is 18.2 Å². The summed E-state index contributed by atoms with van der Waals surface area (Å²) in [5.74, 6) is 0.965. The van der Waals surface area contributed by atoms with Crippen molar-refractivity contribution in [2.75, 3.05) is 32.8 Å². The molecule has 2 aromatic rings. The lowest BCUT2D eigenvalue weighted by molar-refractivity contribution is 0.0488. The average Bonchev–Trinajstić information content (AvgIpc) is 3.04. The lowest BCUT2D eigenvalue weighted by Gasteiger charge is -2.41. The maximum atomic E-state index is 9.53. The summed E-state index contributed by atoms with van der Waals surface area (Å²) in [7, 11) is 0. The Bertz CT molecular complexity index is 688. The number of para-hydroxylation sites is 1. The van der Waals surface area contributed by atoms with E-state index in [2.05, 4.69) is 38.2 Å². The fourth-order valence-corrected chi connectivity index (χ4v) is 3.67. The number of hydrogen-bond donors (Lipinski definition) is 2. The Balaban J connectivity index is 1.65. The van der Waals surface area contributed by atoms with Gasteiger partial charge in [0.15, 0.2) is 0 Å². The van der Waals surface area contributed by atoms with E-state index < -0.39 is 0 Å². The third-order valence-corrected chi connectivity index (χ3v) is 4.94. The number of rotatable bonds is 8. The van der Waals surface area contributed by atoms with Crippen molar-refractivity contribution in [3.8, 4) is 5.75 Å². The van der Waals surface area contributed by atoms with Crippen LogP contribution in [0.15, 0.2) is 30.3 Å². The molecule has 0 aliphatic carbocycles. The van der Waals surface area contributed by atoms with Crippen molar-refractivity contribution in [2.24, 2.45) is 0 Å². The van der Waals surface area contributed by atoms with Crippen LogP contribution < -0.4 is 4.74 Å². The summed E-state index contributed by atoms with van der Waals surface area (Å²) < 4.78 is 5.78. The van der Waals surface area contributed by atoms with Gasteiger partial charge in [0.1, 0.15) is 5.75 Å². The smallest absolute Gasteiger partial charge is 0.123 e. The van der Waals surface area contributed by atoms with Crippen LogP contribution in [0.1, 0.15) is 30.3 Å². The number of aromatic amines is 1. The largest absolute Gasteiger partial charge is 0.494 e. The predicted molar refractivity (Wildman–Crippen MR) is 102 cm³/mol. The minimum absolute atomic E-state index is 0.212. The minimum atomic E-state index is 0.212. The first kappa shape index (κ1) is 18.9. The molecule has 26 heavy (non-hydrogen) atoms. The molecule has 2 N–H and O–H groups in total. The van der Waals surface area contributed by atoms with E-state index in [1.807, 2.05) is 26.0 Å². The number of aliphatic hydroxyl groups excluding tert-OH is 1. The Labute approximate surface area is 155 Å². The molecule has 1 aliphatic heterocycles. The van der Waals surface area contributed by atoms with Crippen molar-refractivity contribution in [2.45, 2.75) is 39.4 Å². The summed E-state index contributed by atoms with van der Waals surface area (Å²) in [6, 6.07) is 10.7. The Kier molecular flexibility index (Phi) is 6.66. The van der Waals surface area contributed by atoms with Crippen LogP contribution in [0.25, 0.3) is 0 Å². The van der Waals surface area contributed by atoms with Crippen LogP contribution >= 0.6 is 0 Å². The molecule has 142 valence electrons. The van der Waals surface area contributed by atoms with Gasteiger partial charge in [-0.3, -0.25) is 14.9 Å². The van der Waals surface area contributed by atoms with Crippen LogP contribution in [0.2, 0.25) is 0 Å². The van der Waals surface area contributed by atoms with Gasteiger partial charge in [-0.2, -0.15) is 5.10 Å². The van der Waals surface area contributed by atoms with Crippen LogP contribution in [-0.2, 0) is 13.1 Å². The number of nitrogens with zero attached hydrogens (tertiary/aromatic N) is 3. The van der Waals surface area contributed by atoms with Crippen molar-refractivity contribution in [3.05, 3.63) is 47.3 Å². The normalized spacial score (nSPS) is 19.0. The highest BCUT2D eigenvalue weighted by atomic mass is 16.5. The molecule has 1 saturated heterocycles. The topological polar surface area (TPSA) is 64.6 Å². The van der Waals surface area contributed by atoms with E-state index in [1.165, 1.54) is 5.56 Å². The maximum Gasteiger partial charge on any atom is 0.123 e. The van der Waals surface area contributed by atoms with Gasteiger partial charge in [-0.25, -0.2) is 0 Å². The summed E-state index contributed by atoms with van der Waals surface area (Å²) in [6.07, 6.45) is 0.785. The summed E-state index contributed by atoms with van der Waals surface area (Å²) in [5.41, 5.74) is 3.40. The molecule has 0 amide bonds. The van der Waals surface area contributed by atoms with Crippen molar-refractivity contribution in [1.82, 2.24) is 20.0 Å². The zero-order valence-electron chi connectivity index (χ0n) is 15.8.